The minimum Gasteiger partial charge on any atom is -0.343 e. The number of benzene rings is 2. The third kappa shape index (κ3) is 6.51. The van der Waals surface area contributed by atoms with Crippen LogP contribution in [0.1, 0.15) is 50.2 Å². The topological polar surface area (TPSA) is 102 Å². The number of carbonyl (C=O) groups excluding carboxylic acids is 4. The first-order valence-electron chi connectivity index (χ1n) is 15.3. The Morgan fingerprint density at radius 3 is 2.21 bits per heavy atom. The summed E-state index contributed by atoms with van der Waals surface area (Å²) in [5.41, 5.74) is 2.09. The molecule has 0 aromatic heterocycles. The van der Waals surface area contributed by atoms with E-state index < -0.39 is 24.3 Å². The lowest BCUT2D eigenvalue weighted by Gasteiger charge is -2.45. The second-order valence-corrected chi connectivity index (χ2v) is 11.9. The van der Waals surface area contributed by atoms with Crippen molar-refractivity contribution in [1.82, 2.24) is 25.3 Å². The molecule has 224 valence electrons. The van der Waals surface area contributed by atoms with Crippen molar-refractivity contribution in [3.05, 3.63) is 71.8 Å². The van der Waals surface area contributed by atoms with Crippen LogP contribution in [-0.4, -0.2) is 89.3 Å². The van der Waals surface area contributed by atoms with E-state index in [2.05, 4.69) is 10.6 Å². The van der Waals surface area contributed by atoms with Gasteiger partial charge in [0.15, 0.2) is 0 Å². The fourth-order valence-electron chi connectivity index (χ4n) is 6.63. The molecule has 2 heterocycles. The summed E-state index contributed by atoms with van der Waals surface area (Å²) in [6, 6.07) is 17.9. The zero-order chi connectivity index (χ0) is 29.6. The third-order valence-electron chi connectivity index (χ3n) is 9.17. The number of nitrogens with one attached hydrogen (secondary N) is 2. The maximum atomic E-state index is 14.3. The van der Waals surface area contributed by atoms with E-state index in [1.807, 2.05) is 65.6 Å². The van der Waals surface area contributed by atoms with E-state index in [9.17, 15) is 19.2 Å². The van der Waals surface area contributed by atoms with Crippen LogP contribution in [0, 0.1) is 5.92 Å². The van der Waals surface area contributed by atoms with Crippen molar-refractivity contribution in [2.75, 3.05) is 26.7 Å². The van der Waals surface area contributed by atoms with Gasteiger partial charge in [0.25, 0.3) is 0 Å². The number of amides is 4. The average Bonchev–Trinajstić information content (AvgIpc) is 3.36. The Morgan fingerprint density at radius 1 is 0.929 bits per heavy atom. The highest BCUT2D eigenvalue weighted by atomic mass is 16.2. The van der Waals surface area contributed by atoms with E-state index in [1.54, 1.807) is 23.8 Å². The van der Waals surface area contributed by atoms with Gasteiger partial charge in [-0.25, -0.2) is 0 Å². The molecule has 9 heteroatoms. The summed E-state index contributed by atoms with van der Waals surface area (Å²) in [6.07, 6.45) is 5.37. The Hall–Kier alpha value is -3.72. The Morgan fingerprint density at radius 2 is 1.57 bits per heavy atom. The summed E-state index contributed by atoms with van der Waals surface area (Å²) < 4.78 is 0. The van der Waals surface area contributed by atoms with Crippen LogP contribution in [0.15, 0.2) is 60.7 Å². The molecule has 3 fully saturated rings. The van der Waals surface area contributed by atoms with Gasteiger partial charge in [0.1, 0.15) is 24.8 Å². The highest BCUT2D eigenvalue weighted by Gasteiger charge is 2.52. The van der Waals surface area contributed by atoms with E-state index in [1.165, 1.54) is 0 Å². The summed E-state index contributed by atoms with van der Waals surface area (Å²) in [5.74, 6) is -0.747. The first kappa shape index (κ1) is 29.8. The molecular weight excluding hydrogens is 530 g/mol. The summed E-state index contributed by atoms with van der Waals surface area (Å²) >= 11 is 0. The summed E-state index contributed by atoms with van der Waals surface area (Å²) in [4.78, 5) is 59.9. The van der Waals surface area contributed by atoms with Gasteiger partial charge in [-0.1, -0.05) is 79.9 Å². The number of likely N-dealkylation sites (N-methyl/N-ethyl adjacent to an activating group) is 1. The van der Waals surface area contributed by atoms with E-state index in [4.69, 9.17) is 0 Å². The van der Waals surface area contributed by atoms with Crippen LogP contribution in [0.4, 0.5) is 0 Å². The molecule has 0 unspecified atom stereocenters. The second kappa shape index (κ2) is 13.5. The molecule has 5 rings (SSSR count). The maximum Gasteiger partial charge on any atom is 0.247 e. The zero-order valence-electron chi connectivity index (χ0n) is 24.7. The molecule has 42 heavy (non-hydrogen) atoms. The van der Waals surface area contributed by atoms with Gasteiger partial charge >= 0.3 is 0 Å². The van der Waals surface area contributed by atoms with Gasteiger partial charge in [-0.3, -0.25) is 19.2 Å². The lowest BCUT2D eigenvalue weighted by Crippen LogP contribution is -2.66. The molecular formula is C33H43N5O4. The van der Waals surface area contributed by atoms with Gasteiger partial charge in [-0.05, 0) is 50.3 Å². The summed E-state index contributed by atoms with van der Waals surface area (Å²) in [7, 11) is 1.72. The fourth-order valence-corrected chi connectivity index (χ4v) is 6.63. The number of hydrogen-bond acceptors (Lipinski definition) is 5. The molecule has 4 atom stereocenters. The molecule has 0 radical (unpaired) electrons. The molecule has 0 spiro atoms. The highest BCUT2D eigenvalue weighted by Crippen LogP contribution is 2.32. The van der Waals surface area contributed by atoms with Crippen molar-refractivity contribution >= 4 is 23.6 Å². The molecule has 2 aromatic rings. The molecule has 1 aliphatic carbocycles. The molecule has 9 nitrogen and oxygen atoms in total. The van der Waals surface area contributed by atoms with Crippen molar-refractivity contribution in [2.24, 2.45) is 5.92 Å². The van der Waals surface area contributed by atoms with Crippen LogP contribution in [-0.2, 0) is 32.0 Å². The zero-order valence-corrected chi connectivity index (χ0v) is 24.7. The number of piperazine rings is 1. The van der Waals surface area contributed by atoms with Gasteiger partial charge in [-0.15, -0.1) is 0 Å². The smallest absolute Gasteiger partial charge is 0.247 e. The second-order valence-electron chi connectivity index (χ2n) is 11.9. The highest BCUT2D eigenvalue weighted by molar-refractivity contribution is 5.97. The van der Waals surface area contributed by atoms with Crippen molar-refractivity contribution < 1.29 is 19.2 Å². The monoisotopic (exact) mass is 573 g/mol. The molecule has 4 amide bonds. The first-order valence-corrected chi connectivity index (χ1v) is 15.3. The Balaban J connectivity index is 1.43. The number of rotatable bonds is 10. The van der Waals surface area contributed by atoms with Crippen molar-refractivity contribution in [1.29, 1.82) is 0 Å². The van der Waals surface area contributed by atoms with Crippen molar-refractivity contribution in [2.45, 2.75) is 76.2 Å². The Bertz CT molecular complexity index is 1250. The quantitative estimate of drug-likeness (QED) is 0.455. The Labute approximate surface area is 248 Å². The van der Waals surface area contributed by atoms with E-state index in [0.717, 1.165) is 43.2 Å². The molecule has 0 bridgehead atoms. The van der Waals surface area contributed by atoms with Gasteiger partial charge in [-0.2, -0.15) is 0 Å². The van der Waals surface area contributed by atoms with E-state index in [0.29, 0.717) is 19.4 Å². The SMILES string of the molecule is CN[C@@H](C)C(=O)N[C@H](C(=O)N1CC(=O)N2[C@@H]1CN(CCc1ccccc1)C(=O)[C@@H]2Cc1ccccc1)C1CCCCC1. The van der Waals surface area contributed by atoms with Gasteiger partial charge in [0, 0.05) is 13.0 Å². The van der Waals surface area contributed by atoms with E-state index in [-0.39, 0.29) is 42.6 Å². The lowest BCUT2D eigenvalue weighted by atomic mass is 9.83. The number of carbonyl (C=O) groups is 4. The molecule has 2 N–H and O–H groups in total. The molecule has 2 saturated heterocycles. The molecule has 3 aliphatic rings. The van der Waals surface area contributed by atoms with Crippen molar-refractivity contribution in [3.8, 4) is 0 Å². The molecule has 2 aromatic carbocycles. The summed E-state index contributed by atoms with van der Waals surface area (Å²) in [6.45, 7) is 2.43. The maximum absolute atomic E-state index is 14.3. The normalized spacial score (nSPS) is 22.6. The van der Waals surface area contributed by atoms with Gasteiger partial charge in [0.2, 0.25) is 23.6 Å². The minimum absolute atomic E-state index is 0.0166. The third-order valence-corrected chi connectivity index (χ3v) is 9.17. The van der Waals surface area contributed by atoms with Crippen LogP contribution >= 0.6 is 0 Å². The average molecular weight is 574 g/mol. The predicted octanol–water partition coefficient (Wildman–Crippen LogP) is 2.35. The van der Waals surface area contributed by atoms with E-state index >= 15 is 0 Å². The van der Waals surface area contributed by atoms with Crippen LogP contribution in [0.2, 0.25) is 0 Å². The van der Waals surface area contributed by atoms with Gasteiger partial charge in [0.05, 0.1) is 12.6 Å². The first-order chi connectivity index (χ1) is 20.4. The summed E-state index contributed by atoms with van der Waals surface area (Å²) in [5, 5.41) is 6.00. The van der Waals surface area contributed by atoms with Crippen LogP contribution in [0.5, 0.6) is 0 Å². The van der Waals surface area contributed by atoms with Crippen LogP contribution in [0.25, 0.3) is 0 Å². The van der Waals surface area contributed by atoms with Gasteiger partial charge < -0.3 is 25.3 Å². The largest absolute Gasteiger partial charge is 0.343 e. The molecule has 1 saturated carbocycles. The number of fused-ring (bicyclic) bond motifs is 1. The minimum atomic E-state index is -0.704. The lowest BCUT2D eigenvalue weighted by molar-refractivity contribution is -0.156. The molecule has 2 aliphatic heterocycles. The predicted molar refractivity (Wildman–Crippen MR) is 160 cm³/mol. The van der Waals surface area contributed by atoms with Crippen molar-refractivity contribution in [3.63, 3.8) is 0 Å². The number of nitrogens with zero attached hydrogens (tertiary/aromatic N) is 3. The number of hydrogen-bond donors (Lipinski definition) is 2. The Kier molecular flexibility index (Phi) is 9.57. The van der Waals surface area contributed by atoms with Crippen LogP contribution < -0.4 is 10.6 Å². The fraction of sp³-hybridized carbons (Fsp3) is 0.515. The van der Waals surface area contributed by atoms with Crippen LogP contribution in [0.3, 0.4) is 0 Å². The standard InChI is InChI=1S/C33H43N5O4/c1-23(34-2)31(40)35-30(26-16-10-5-11-17-26)33(42)37-22-29(39)38-27(20-25-14-8-4-9-15-25)32(41)36(21-28(37)38)19-18-24-12-6-3-7-13-24/h3-4,6-9,12-15,23,26-28,30,34H,5,10-11,16-22H2,1-2H3,(H,35,40)/t23-,27-,28+,30-/m0/s1.